The van der Waals surface area contributed by atoms with Crippen LogP contribution in [0.1, 0.15) is 57.4 Å². The Kier molecular flexibility index (Phi) is 9.38. The van der Waals surface area contributed by atoms with E-state index in [1.165, 1.54) is 10.5 Å². The quantitative estimate of drug-likeness (QED) is 0.419. The summed E-state index contributed by atoms with van der Waals surface area (Å²) in [5.41, 5.74) is 1.24. The van der Waals surface area contributed by atoms with Gasteiger partial charge < -0.3 is 20.4 Å². The standard InChI is InChI=1S/C28H40N4O6/c1-19(31-15-13-30(14-16-31)18-20-7-3-2-4-8-20)26(35)29-22(11-12-25(33)34)27(36)32-23-10-6-5-9-21(23)17-24(32)28(37)38/h2-4,7-8,19,21-24H,5-6,9-18H2,1H3,(H,29,35)(H,33,34)(H,37,38)/t19-,21-,22+,23-,24-/m0/s1. The lowest BCUT2D eigenvalue weighted by atomic mass is 9.84. The molecule has 3 N–H and O–H groups in total. The summed E-state index contributed by atoms with van der Waals surface area (Å²) >= 11 is 0. The Morgan fingerprint density at radius 2 is 1.68 bits per heavy atom. The summed E-state index contributed by atoms with van der Waals surface area (Å²) in [5, 5.41) is 21.9. The molecule has 1 saturated carbocycles. The maximum absolute atomic E-state index is 13.7. The first-order chi connectivity index (χ1) is 18.2. The SMILES string of the molecule is C[C@@H](C(=O)N[C@H](CCC(=O)O)C(=O)N1[C@H](C(=O)O)C[C@@H]2CCCC[C@@H]21)N1CCN(Cc2ccccc2)CC1. The first-order valence-corrected chi connectivity index (χ1v) is 13.8. The maximum Gasteiger partial charge on any atom is 0.326 e. The number of carbonyl (C=O) groups is 4. The monoisotopic (exact) mass is 528 g/mol. The number of piperazine rings is 1. The molecule has 2 amide bonds. The first kappa shape index (κ1) is 28.0. The van der Waals surface area contributed by atoms with Crippen molar-refractivity contribution in [1.29, 1.82) is 0 Å². The van der Waals surface area contributed by atoms with E-state index in [4.69, 9.17) is 0 Å². The Morgan fingerprint density at radius 3 is 2.34 bits per heavy atom. The van der Waals surface area contributed by atoms with Gasteiger partial charge in [-0.15, -0.1) is 0 Å². The zero-order valence-electron chi connectivity index (χ0n) is 22.1. The van der Waals surface area contributed by atoms with Crippen molar-refractivity contribution < 1.29 is 29.4 Å². The normalized spacial score (nSPS) is 25.8. The van der Waals surface area contributed by atoms with Gasteiger partial charge in [-0.3, -0.25) is 24.2 Å². The van der Waals surface area contributed by atoms with Gasteiger partial charge in [-0.25, -0.2) is 4.79 Å². The number of nitrogens with one attached hydrogen (secondary N) is 1. The summed E-state index contributed by atoms with van der Waals surface area (Å²) in [4.78, 5) is 56.2. The van der Waals surface area contributed by atoms with Crippen LogP contribution in [0.4, 0.5) is 0 Å². The van der Waals surface area contributed by atoms with Crippen LogP contribution in [-0.2, 0) is 25.7 Å². The molecule has 0 radical (unpaired) electrons. The van der Waals surface area contributed by atoms with Crippen molar-refractivity contribution in [2.24, 2.45) is 5.92 Å². The number of carboxylic acids is 2. The molecule has 10 heteroatoms. The Hall–Kier alpha value is -2.98. The van der Waals surface area contributed by atoms with Gasteiger partial charge in [0.15, 0.2) is 0 Å². The smallest absolute Gasteiger partial charge is 0.326 e. The molecule has 208 valence electrons. The van der Waals surface area contributed by atoms with Crippen LogP contribution >= 0.6 is 0 Å². The molecule has 5 atom stereocenters. The van der Waals surface area contributed by atoms with Crippen molar-refractivity contribution in [3.05, 3.63) is 35.9 Å². The molecule has 38 heavy (non-hydrogen) atoms. The molecule has 2 heterocycles. The summed E-state index contributed by atoms with van der Waals surface area (Å²) in [5.74, 6) is -2.78. The number of fused-ring (bicyclic) bond motifs is 1. The van der Waals surface area contributed by atoms with E-state index >= 15 is 0 Å². The van der Waals surface area contributed by atoms with E-state index in [0.29, 0.717) is 19.5 Å². The number of carboxylic acid groups (broad SMARTS) is 2. The molecule has 1 aromatic carbocycles. The Balaban J connectivity index is 1.39. The second-order valence-corrected chi connectivity index (χ2v) is 10.9. The lowest BCUT2D eigenvalue weighted by molar-refractivity contribution is -0.152. The third kappa shape index (κ3) is 6.71. The van der Waals surface area contributed by atoms with Crippen LogP contribution in [0.3, 0.4) is 0 Å². The molecule has 3 fully saturated rings. The molecule has 2 aliphatic heterocycles. The van der Waals surface area contributed by atoms with Gasteiger partial charge in [0.25, 0.3) is 0 Å². The minimum Gasteiger partial charge on any atom is -0.481 e. The van der Waals surface area contributed by atoms with E-state index in [1.54, 1.807) is 6.92 Å². The van der Waals surface area contributed by atoms with Crippen LogP contribution in [0.15, 0.2) is 30.3 Å². The van der Waals surface area contributed by atoms with Gasteiger partial charge in [-0.1, -0.05) is 43.2 Å². The number of likely N-dealkylation sites (tertiary alicyclic amines) is 1. The predicted molar refractivity (Wildman–Crippen MR) is 140 cm³/mol. The second kappa shape index (κ2) is 12.7. The molecule has 3 aliphatic rings. The van der Waals surface area contributed by atoms with Gasteiger partial charge in [-0.05, 0) is 44.1 Å². The summed E-state index contributed by atoms with van der Waals surface area (Å²) in [6.45, 7) is 5.67. The Labute approximate surface area is 224 Å². The molecule has 0 unspecified atom stereocenters. The molecule has 0 bridgehead atoms. The number of hydrogen-bond donors (Lipinski definition) is 3. The molecule has 2 saturated heterocycles. The van der Waals surface area contributed by atoms with E-state index in [2.05, 4.69) is 27.2 Å². The fourth-order valence-electron chi connectivity index (χ4n) is 6.31. The summed E-state index contributed by atoms with van der Waals surface area (Å²) in [7, 11) is 0. The van der Waals surface area contributed by atoms with Crippen LogP contribution in [0, 0.1) is 5.92 Å². The number of nitrogens with zero attached hydrogens (tertiary/aromatic N) is 3. The van der Waals surface area contributed by atoms with E-state index in [1.807, 2.05) is 18.2 Å². The third-order valence-corrected chi connectivity index (χ3v) is 8.47. The minimum absolute atomic E-state index is 0.0717. The van der Waals surface area contributed by atoms with E-state index < -0.39 is 36.0 Å². The number of benzene rings is 1. The van der Waals surface area contributed by atoms with E-state index in [-0.39, 0.29) is 30.7 Å². The lowest BCUT2D eigenvalue weighted by Crippen LogP contribution is -2.58. The third-order valence-electron chi connectivity index (χ3n) is 8.47. The molecule has 0 spiro atoms. The average Bonchev–Trinajstić information content (AvgIpc) is 3.31. The average molecular weight is 529 g/mol. The maximum atomic E-state index is 13.7. The van der Waals surface area contributed by atoms with Crippen LogP contribution < -0.4 is 5.32 Å². The topological polar surface area (TPSA) is 130 Å². The van der Waals surface area contributed by atoms with Gasteiger partial charge in [0, 0.05) is 45.2 Å². The van der Waals surface area contributed by atoms with Gasteiger partial charge in [0.1, 0.15) is 12.1 Å². The van der Waals surface area contributed by atoms with Crippen molar-refractivity contribution >= 4 is 23.8 Å². The number of rotatable bonds is 10. The molecule has 1 aliphatic carbocycles. The van der Waals surface area contributed by atoms with Gasteiger partial charge >= 0.3 is 11.9 Å². The number of hydrogen-bond acceptors (Lipinski definition) is 6. The fraction of sp³-hybridized carbons (Fsp3) is 0.643. The highest BCUT2D eigenvalue weighted by molar-refractivity contribution is 5.92. The van der Waals surface area contributed by atoms with Crippen LogP contribution in [-0.4, -0.2) is 99.0 Å². The molecule has 1 aromatic rings. The predicted octanol–water partition coefficient (Wildman–Crippen LogP) is 1.79. The van der Waals surface area contributed by atoms with Crippen molar-refractivity contribution in [3.63, 3.8) is 0 Å². The summed E-state index contributed by atoms with van der Waals surface area (Å²) in [6.07, 6.45) is 3.62. The summed E-state index contributed by atoms with van der Waals surface area (Å²) in [6, 6.07) is 7.57. The van der Waals surface area contributed by atoms with Gasteiger partial charge in [-0.2, -0.15) is 0 Å². The minimum atomic E-state index is -1.07. The van der Waals surface area contributed by atoms with Crippen molar-refractivity contribution in [2.75, 3.05) is 26.2 Å². The second-order valence-electron chi connectivity index (χ2n) is 10.9. The van der Waals surface area contributed by atoms with Gasteiger partial charge in [0.05, 0.1) is 6.04 Å². The number of aliphatic carboxylic acids is 2. The zero-order valence-corrected chi connectivity index (χ0v) is 22.1. The van der Waals surface area contributed by atoms with E-state index in [0.717, 1.165) is 45.3 Å². The van der Waals surface area contributed by atoms with Crippen LogP contribution in [0.25, 0.3) is 0 Å². The zero-order chi connectivity index (χ0) is 27.2. The molecule has 4 rings (SSSR count). The van der Waals surface area contributed by atoms with E-state index in [9.17, 15) is 29.4 Å². The molecule has 0 aromatic heterocycles. The number of amides is 2. The van der Waals surface area contributed by atoms with Crippen molar-refractivity contribution in [2.45, 2.75) is 82.6 Å². The van der Waals surface area contributed by atoms with Crippen LogP contribution in [0.2, 0.25) is 0 Å². The summed E-state index contributed by atoms with van der Waals surface area (Å²) < 4.78 is 0. The largest absolute Gasteiger partial charge is 0.481 e. The number of carbonyl (C=O) groups excluding carboxylic acids is 2. The Bertz CT molecular complexity index is 996. The molecular formula is C28H40N4O6. The van der Waals surface area contributed by atoms with Crippen molar-refractivity contribution in [1.82, 2.24) is 20.0 Å². The lowest BCUT2D eigenvalue weighted by Gasteiger charge is -2.38. The highest BCUT2D eigenvalue weighted by Crippen LogP contribution is 2.40. The fourth-order valence-corrected chi connectivity index (χ4v) is 6.31. The van der Waals surface area contributed by atoms with Gasteiger partial charge in [0.2, 0.25) is 11.8 Å². The highest BCUT2D eigenvalue weighted by atomic mass is 16.4. The Morgan fingerprint density at radius 1 is 1.00 bits per heavy atom. The first-order valence-electron chi connectivity index (χ1n) is 13.8. The molecule has 10 nitrogen and oxygen atoms in total. The van der Waals surface area contributed by atoms with Crippen molar-refractivity contribution in [3.8, 4) is 0 Å². The molecular weight excluding hydrogens is 488 g/mol. The van der Waals surface area contributed by atoms with Crippen LogP contribution in [0.5, 0.6) is 0 Å². The highest BCUT2D eigenvalue weighted by Gasteiger charge is 2.49.